The number of rotatable bonds is 5. The van der Waals surface area contributed by atoms with Crippen molar-refractivity contribution in [2.75, 3.05) is 0 Å². The van der Waals surface area contributed by atoms with Gasteiger partial charge in [-0.15, -0.1) is 0 Å². The molecule has 1 unspecified atom stereocenters. The van der Waals surface area contributed by atoms with Crippen molar-refractivity contribution in [3.05, 3.63) is 80.1 Å². The number of hydrogen-bond acceptors (Lipinski definition) is 4. The molecule has 1 atom stereocenters. The maximum absolute atomic E-state index is 12.2. The molecule has 0 radical (unpaired) electrons. The summed E-state index contributed by atoms with van der Waals surface area (Å²) in [6.07, 6.45) is 0. The van der Waals surface area contributed by atoms with Gasteiger partial charge in [0.2, 0.25) is 0 Å². The molecular weight excluding hydrogens is 574 g/mol. The second-order valence-electron chi connectivity index (χ2n) is 5.22. The molecule has 0 saturated heterocycles. The van der Waals surface area contributed by atoms with Gasteiger partial charge in [0.05, 0.1) is 8.95 Å². The fourth-order valence-electron chi connectivity index (χ4n) is 2.20. The fourth-order valence-corrected chi connectivity index (χ4v) is 4.90. The minimum absolute atomic E-state index is 0. The Morgan fingerprint density at radius 1 is 0.778 bits per heavy atom. The molecule has 4 nitrogen and oxygen atoms in total. The molecule has 3 aromatic rings. The maximum atomic E-state index is 12.2. The summed E-state index contributed by atoms with van der Waals surface area (Å²) in [5.41, 5.74) is 1.88. The number of hydrogen-bond donors (Lipinski definition) is 0. The van der Waals surface area contributed by atoms with Gasteiger partial charge in [-0.2, -0.15) is 0 Å². The normalized spacial score (nSPS) is 12.6. The van der Waals surface area contributed by atoms with E-state index < -0.39 is 7.82 Å². The van der Waals surface area contributed by atoms with E-state index in [1.165, 1.54) is 12.1 Å². The first-order valence-electron chi connectivity index (χ1n) is 7.34. The van der Waals surface area contributed by atoms with E-state index in [4.69, 9.17) is 9.05 Å². The Morgan fingerprint density at radius 2 is 1.33 bits per heavy atom. The van der Waals surface area contributed by atoms with Gasteiger partial charge in [0.15, 0.2) is 5.75 Å². The number of halogens is 3. The number of phosphoric ester groups is 1. The Balaban J connectivity index is 0.00000261. The second kappa shape index (κ2) is 10.1. The van der Waals surface area contributed by atoms with Crippen molar-refractivity contribution in [1.29, 1.82) is 0 Å². The first kappa shape index (κ1) is 23.2. The minimum Gasteiger partial charge on any atom is -0.736 e. The summed E-state index contributed by atoms with van der Waals surface area (Å²) in [4.78, 5) is 12.2. The van der Waals surface area contributed by atoms with Crippen LogP contribution in [-0.2, 0) is 4.57 Å². The van der Waals surface area contributed by atoms with Gasteiger partial charge in [-0.25, -0.2) is 4.57 Å². The van der Waals surface area contributed by atoms with Crippen LogP contribution < -0.4 is 43.5 Å². The van der Waals surface area contributed by atoms with E-state index in [0.29, 0.717) is 8.95 Å². The van der Waals surface area contributed by atoms with Crippen LogP contribution in [0.5, 0.6) is 11.5 Å². The van der Waals surface area contributed by atoms with Gasteiger partial charge in [0.1, 0.15) is 5.75 Å². The third-order valence-corrected chi connectivity index (χ3v) is 5.89. The number of benzene rings is 3. The quantitative estimate of drug-likeness (QED) is 0.340. The molecule has 0 saturated carbocycles. The summed E-state index contributed by atoms with van der Waals surface area (Å²) < 4.78 is 24.3. The zero-order valence-electron chi connectivity index (χ0n) is 14.1. The van der Waals surface area contributed by atoms with Gasteiger partial charge in [-0.1, -0.05) is 46.3 Å². The molecule has 0 fully saturated rings. The van der Waals surface area contributed by atoms with Crippen LogP contribution in [0.25, 0.3) is 11.1 Å². The van der Waals surface area contributed by atoms with E-state index in [0.717, 1.165) is 15.6 Å². The molecule has 27 heavy (non-hydrogen) atoms. The second-order valence-corrected chi connectivity index (χ2v) is 9.10. The molecule has 0 aromatic heterocycles. The average Bonchev–Trinajstić information content (AvgIpc) is 2.59. The van der Waals surface area contributed by atoms with E-state index in [1.807, 2.05) is 24.3 Å². The SMILES string of the molecule is O=P([O-])(Oc1ccccc1)Oc1c(Br)cc(-c2ccc(Br)cc2)cc1Br.[Na+]. The molecule has 0 amide bonds. The van der Waals surface area contributed by atoms with Crippen molar-refractivity contribution in [1.82, 2.24) is 0 Å². The summed E-state index contributed by atoms with van der Waals surface area (Å²) in [7, 11) is -4.60. The van der Waals surface area contributed by atoms with Crippen molar-refractivity contribution >= 4 is 55.6 Å². The summed E-state index contributed by atoms with van der Waals surface area (Å²) in [6.45, 7) is 0. The van der Waals surface area contributed by atoms with Gasteiger partial charge >= 0.3 is 37.4 Å². The van der Waals surface area contributed by atoms with Crippen LogP contribution in [0.2, 0.25) is 0 Å². The van der Waals surface area contributed by atoms with E-state index in [1.54, 1.807) is 30.3 Å². The third kappa shape index (κ3) is 6.44. The van der Waals surface area contributed by atoms with Crippen LogP contribution in [0.4, 0.5) is 0 Å². The monoisotopic (exact) mass is 582 g/mol. The fraction of sp³-hybridized carbons (Fsp3) is 0. The predicted octanol–water partition coefficient (Wildman–Crippen LogP) is 3.57. The zero-order valence-corrected chi connectivity index (χ0v) is 21.7. The first-order chi connectivity index (χ1) is 12.3. The smallest absolute Gasteiger partial charge is 0.736 e. The number of phosphoric acid groups is 1. The van der Waals surface area contributed by atoms with Crippen LogP contribution in [0.3, 0.4) is 0 Å². The molecule has 0 aliphatic heterocycles. The predicted molar refractivity (Wildman–Crippen MR) is 110 cm³/mol. The molecule has 0 bridgehead atoms. The summed E-state index contributed by atoms with van der Waals surface area (Å²) in [5.74, 6) is 0.310. The van der Waals surface area contributed by atoms with Gasteiger partial charge in [0, 0.05) is 4.47 Å². The Morgan fingerprint density at radius 3 is 1.89 bits per heavy atom. The molecule has 0 N–H and O–H groups in total. The number of para-hydroxylation sites is 1. The van der Waals surface area contributed by atoms with E-state index in [9.17, 15) is 9.46 Å². The van der Waals surface area contributed by atoms with Crippen LogP contribution >= 0.6 is 55.6 Å². The molecule has 0 spiro atoms. The van der Waals surface area contributed by atoms with E-state index >= 15 is 0 Å². The molecule has 0 aliphatic carbocycles. The summed E-state index contributed by atoms with van der Waals surface area (Å²) >= 11 is 10.1. The summed E-state index contributed by atoms with van der Waals surface area (Å²) in [6, 6.07) is 19.5. The molecule has 0 aliphatic rings. The van der Waals surface area contributed by atoms with Crippen LogP contribution in [0.1, 0.15) is 0 Å². The van der Waals surface area contributed by atoms with Crippen molar-refractivity contribution < 1.29 is 48.1 Å². The zero-order chi connectivity index (χ0) is 18.7. The Labute approximate surface area is 204 Å². The van der Waals surface area contributed by atoms with E-state index in [2.05, 4.69) is 47.8 Å². The molecule has 0 heterocycles. The molecule has 3 rings (SSSR count). The Bertz CT molecular complexity index is 945. The van der Waals surface area contributed by atoms with Crippen molar-refractivity contribution in [2.24, 2.45) is 0 Å². The van der Waals surface area contributed by atoms with Gasteiger partial charge < -0.3 is 13.9 Å². The van der Waals surface area contributed by atoms with Crippen LogP contribution in [0, 0.1) is 0 Å². The molecule has 3 aromatic carbocycles. The minimum atomic E-state index is -4.60. The van der Waals surface area contributed by atoms with Crippen LogP contribution in [0.15, 0.2) is 80.1 Å². The van der Waals surface area contributed by atoms with Gasteiger partial charge in [0.25, 0.3) is 0 Å². The van der Waals surface area contributed by atoms with Gasteiger partial charge in [-0.3, -0.25) is 0 Å². The Hall–Kier alpha value is -0.110. The standard InChI is InChI=1S/C18H12Br3O4P.Na/c19-14-8-6-12(7-9-14)13-10-16(20)18(17(21)11-13)25-26(22,23)24-15-4-2-1-3-5-15;/h1-11H,(H,22,23);/q;+1/p-1. The third-order valence-electron chi connectivity index (χ3n) is 3.34. The van der Waals surface area contributed by atoms with Gasteiger partial charge in [-0.05, 0) is 79.4 Å². The van der Waals surface area contributed by atoms with E-state index in [-0.39, 0.29) is 41.1 Å². The molecular formula is C18H11Br3NaO4P. The maximum Gasteiger partial charge on any atom is 1.00 e. The van der Waals surface area contributed by atoms with Crippen molar-refractivity contribution in [2.45, 2.75) is 0 Å². The largest absolute Gasteiger partial charge is 1.00 e. The van der Waals surface area contributed by atoms with Crippen molar-refractivity contribution in [3.63, 3.8) is 0 Å². The average molecular weight is 585 g/mol. The molecule has 9 heteroatoms. The van der Waals surface area contributed by atoms with Crippen molar-refractivity contribution in [3.8, 4) is 22.6 Å². The molecule has 134 valence electrons. The first-order valence-corrected chi connectivity index (χ1v) is 11.2. The summed E-state index contributed by atoms with van der Waals surface area (Å²) in [5, 5.41) is 0. The van der Waals surface area contributed by atoms with Crippen LogP contribution in [-0.4, -0.2) is 0 Å². The topological polar surface area (TPSA) is 58.6 Å². The Kier molecular flexibility index (Phi) is 8.65.